The third kappa shape index (κ3) is 3.87. The average Bonchev–Trinajstić information content (AvgIpc) is 3.23. The van der Waals surface area contributed by atoms with Crippen molar-refractivity contribution in [1.29, 1.82) is 0 Å². The van der Waals surface area contributed by atoms with E-state index in [1.807, 2.05) is 0 Å². The number of anilines is 1. The Bertz CT molecular complexity index is 1150. The summed E-state index contributed by atoms with van der Waals surface area (Å²) in [6.45, 7) is 3.39. The number of carbonyl (C=O) groups is 1. The lowest BCUT2D eigenvalue weighted by atomic mass is 10.1. The van der Waals surface area contributed by atoms with Gasteiger partial charge in [-0.3, -0.25) is 14.2 Å². The fraction of sp³-hybridized carbons (Fsp3) is 0.348. The molecular formula is C23H25N3O4. The maximum Gasteiger partial charge on any atom is 0.261 e. The van der Waals surface area contributed by atoms with E-state index in [0.717, 1.165) is 31.5 Å². The van der Waals surface area contributed by atoms with Crippen LogP contribution in [0.2, 0.25) is 0 Å². The minimum Gasteiger partial charge on any atom is -0.493 e. The second kappa shape index (κ2) is 8.57. The third-order valence-corrected chi connectivity index (χ3v) is 5.25. The van der Waals surface area contributed by atoms with E-state index in [0.29, 0.717) is 46.8 Å². The molecule has 156 valence electrons. The van der Waals surface area contributed by atoms with E-state index < -0.39 is 0 Å². The molecule has 0 bridgehead atoms. The molecular weight excluding hydrogens is 382 g/mol. The number of carbonyl (C=O) groups excluding carboxylic acids is 1. The standard InChI is InChI=1S/C23H25N3O4/c1-3-4-12-30-19-10-7-15(13-20(19)29-2)22(27)24-16-8-9-18-17(14-16)23(28)26-11-5-6-21(26)25-18/h7-10,13-14H,3-6,11-12H2,1-2H3,(H,24,27). The molecule has 0 unspecified atom stereocenters. The summed E-state index contributed by atoms with van der Waals surface area (Å²) in [4.78, 5) is 30.1. The molecule has 0 saturated heterocycles. The third-order valence-electron chi connectivity index (χ3n) is 5.25. The van der Waals surface area contributed by atoms with Gasteiger partial charge in [0.1, 0.15) is 5.82 Å². The summed E-state index contributed by atoms with van der Waals surface area (Å²) in [5, 5.41) is 3.37. The van der Waals surface area contributed by atoms with Crippen molar-refractivity contribution in [3.63, 3.8) is 0 Å². The van der Waals surface area contributed by atoms with Crippen LogP contribution in [0.15, 0.2) is 41.2 Å². The van der Waals surface area contributed by atoms with E-state index in [4.69, 9.17) is 9.47 Å². The second-order valence-electron chi connectivity index (χ2n) is 7.34. The highest BCUT2D eigenvalue weighted by molar-refractivity contribution is 6.05. The number of rotatable bonds is 7. The number of aromatic nitrogens is 2. The Morgan fingerprint density at radius 2 is 2.07 bits per heavy atom. The van der Waals surface area contributed by atoms with Crippen molar-refractivity contribution in [1.82, 2.24) is 9.55 Å². The summed E-state index contributed by atoms with van der Waals surface area (Å²) in [7, 11) is 1.55. The van der Waals surface area contributed by atoms with Gasteiger partial charge < -0.3 is 14.8 Å². The van der Waals surface area contributed by atoms with Crippen molar-refractivity contribution >= 4 is 22.5 Å². The smallest absolute Gasteiger partial charge is 0.261 e. The lowest BCUT2D eigenvalue weighted by molar-refractivity contribution is 0.102. The molecule has 1 aliphatic rings. The first-order valence-electron chi connectivity index (χ1n) is 10.3. The van der Waals surface area contributed by atoms with E-state index in [-0.39, 0.29) is 11.5 Å². The van der Waals surface area contributed by atoms with Crippen LogP contribution in [0.4, 0.5) is 5.69 Å². The van der Waals surface area contributed by atoms with Crippen molar-refractivity contribution in [3.8, 4) is 11.5 Å². The van der Waals surface area contributed by atoms with E-state index in [9.17, 15) is 9.59 Å². The SMILES string of the molecule is CCCCOc1ccc(C(=O)Nc2ccc3nc4n(c(=O)c3c2)CCC4)cc1OC. The first kappa shape index (κ1) is 19.9. The Labute approximate surface area is 174 Å². The van der Waals surface area contributed by atoms with Crippen LogP contribution in [0.5, 0.6) is 11.5 Å². The number of methoxy groups -OCH3 is 1. The molecule has 0 fully saturated rings. The Morgan fingerprint density at radius 1 is 1.20 bits per heavy atom. The van der Waals surface area contributed by atoms with Crippen LogP contribution >= 0.6 is 0 Å². The molecule has 7 heteroatoms. The van der Waals surface area contributed by atoms with Crippen LogP contribution in [0.1, 0.15) is 42.4 Å². The van der Waals surface area contributed by atoms with E-state index in [1.54, 1.807) is 48.1 Å². The van der Waals surface area contributed by atoms with Crippen LogP contribution in [-0.2, 0) is 13.0 Å². The predicted octanol–water partition coefficient (Wildman–Crippen LogP) is 3.78. The number of ether oxygens (including phenoxy) is 2. The van der Waals surface area contributed by atoms with Crippen molar-refractivity contribution < 1.29 is 14.3 Å². The molecule has 0 aliphatic carbocycles. The fourth-order valence-electron chi connectivity index (χ4n) is 3.62. The molecule has 1 aliphatic heterocycles. The van der Waals surface area contributed by atoms with E-state index in [1.165, 1.54) is 0 Å². The van der Waals surface area contributed by atoms with Gasteiger partial charge in [-0.2, -0.15) is 0 Å². The minimum atomic E-state index is -0.290. The molecule has 0 radical (unpaired) electrons. The van der Waals surface area contributed by atoms with Crippen LogP contribution < -0.4 is 20.3 Å². The number of aryl methyl sites for hydroxylation is 1. The second-order valence-corrected chi connectivity index (χ2v) is 7.34. The average molecular weight is 407 g/mol. The van der Waals surface area contributed by atoms with Gasteiger partial charge in [0.2, 0.25) is 0 Å². The topological polar surface area (TPSA) is 82.5 Å². The van der Waals surface area contributed by atoms with Crippen molar-refractivity contribution in [2.45, 2.75) is 39.2 Å². The number of nitrogens with one attached hydrogen (secondary N) is 1. The Morgan fingerprint density at radius 3 is 2.87 bits per heavy atom. The van der Waals surface area contributed by atoms with Crippen LogP contribution in [0.3, 0.4) is 0 Å². The molecule has 1 N–H and O–H groups in total. The normalized spacial score (nSPS) is 12.6. The maximum atomic E-state index is 12.8. The number of unbranched alkanes of at least 4 members (excludes halogenated alkanes) is 1. The summed E-state index contributed by atoms with van der Waals surface area (Å²) < 4.78 is 12.8. The Hall–Kier alpha value is -3.35. The first-order chi connectivity index (χ1) is 14.6. The quantitative estimate of drug-likeness (QED) is 0.603. The van der Waals surface area contributed by atoms with Crippen LogP contribution in [-0.4, -0.2) is 29.2 Å². The first-order valence-corrected chi connectivity index (χ1v) is 10.3. The van der Waals surface area contributed by atoms with Crippen molar-refractivity contribution in [3.05, 3.63) is 58.1 Å². The van der Waals surface area contributed by atoms with Gasteiger partial charge >= 0.3 is 0 Å². The Balaban J connectivity index is 1.56. The summed E-state index contributed by atoms with van der Waals surface area (Å²) in [5.74, 6) is 1.66. The van der Waals surface area contributed by atoms with Crippen LogP contribution in [0.25, 0.3) is 10.9 Å². The fourth-order valence-corrected chi connectivity index (χ4v) is 3.62. The molecule has 2 heterocycles. The van der Waals surface area contributed by atoms with Gasteiger partial charge in [0, 0.05) is 24.2 Å². The zero-order chi connectivity index (χ0) is 21.1. The zero-order valence-corrected chi connectivity index (χ0v) is 17.2. The van der Waals surface area contributed by atoms with Gasteiger partial charge in [-0.15, -0.1) is 0 Å². The number of benzene rings is 2. The maximum absolute atomic E-state index is 12.8. The molecule has 3 aromatic rings. The molecule has 30 heavy (non-hydrogen) atoms. The summed E-state index contributed by atoms with van der Waals surface area (Å²) >= 11 is 0. The lowest BCUT2D eigenvalue weighted by Gasteiger charge is -2.12. The predicted molar refractivity (Wildman–Crippen MR) is 116 cm³/mol. The number of nitrogens with zero attached hydrogens (tertiary/aromatic N) is 2. The van der Waals surface area contributed by atoms with Gasteiger partial charge in [0.05, 0.1) is 24.6 Å². The van der Waals surface area contributed by atoms with Gasteiger partial charge in [-0.05, 0) is 49.2 Å². The highest BCUT2D eigenvalue weighted by Gasteiger charge is 2.17. The highest BCUT2D eigenvalue weighted by Crippen LogP contribution is 2.29. The Kier molecular flexibility index (Phi) is 5.70. The number of fused-ring (bicyclic) bond motifs is 2. The van der Waals surface area contributed by atoms with Crippen molar-refractivity contribution in [2.24, 2.45) is 0 Å². The van der Waals surface area contributed by atoms with E-state index in [2.05, 4.69) is 17.2 Å². The molecule has 1 aromatic heterocycles. The highest BCUT2D eigenvalue weighted by atomic mass is 16.5. The van der Waals surface area contributed by atoms with E-state index >= 15 is 0 Å². The molecule has 4 rings (SSSR count). The summed E-state index contributed by atoms with van der Waals surface area (Å²) in [6.07, 6.45) is 3.74. The molecule has 7 nitrogen and oxygen atoms in total. The summed E-state index contributed by atoms with van der Waals surface area (Å²) in [5.41, 5.74) is 1.59. The molecule has 1 amide bonds. The van der Waals surface area contributed by atoms with Gasteiger partial charge in [0.25, 0.3) is 11.5 Å². The molecule has 0 atom stereocenters. The minimum absolute atomic E-state index is 0.0566. The number of hydrogen-bond acceptors (Lipinski definition) is 5. The molecule has 2 aromatic carbocycles. The van der Waals surface area contributed by atoms with Gasteiger partial charge in [-0.1, -0.05) is 13.3 Å². The largest absolute Gasteiger partial charge is 0.493 e. The molecule has 0 spiro atoms. The number of hydrogen-bond donors (Lipinski definition) is 1. The monoisotopic (exact) mass is 407 g/mol. The van der Waals surface area contributed by atoms with Gasteiger partial charge in [-0.25, -0.2) is 4.98 Å². The zero-order valence-electron chi connectivity index (χ0n) is 17.2. The van der Waals surface area contributed by atoms with Crippen LogP contribution in [0, 0.1) is 0 Å². The van der Waals surface area contributed by atoms with Gasteiger partial charge in [0.15, 0.2) is 11.5 Å². The lowest BCUT2D eigenvalue weighted by Crippen LogP contribution is -2.21. The number of amides is 1. The molecule has 0 saturated carbocycles. The summed E-state index contributed by atoms with van der Waals surface area (Å²) in [6, 6.07) is 10.3. The van der Waals surface area contributed by atoms with Crippen molar-refractivity contribution in [2.75, 3.05) is 19.0 Å².